The van der Waals surface area contributed by atoms with Gasteiger partial charge in [-0.2, -0.15) is 0 Å². The molecule has 96 valence electrons. The Kier molecular flexibility index (Phi) is 3.79. The van der Waals surface area contributed by atoms with Crippen LogP contribution < -0.4 is 5.32 Å². The summed E-state index contributed by atoms with van der Waals surface area (Å²) in [6.07, 6.45) is 7.72. The lowest BCUT2D eigenvalue weighted by Gasteiger charge is -2.27. The van der Waals surface area contributed by atoms with Crippen LogP contribution in [0.3, 0.4) is 0 Å². The van der Waals surface area contributed by atoms with Crippen molar-refractivity contribution in [3.8, 4) is 0 Å². The van der Waals surface area contributed by atoms with Crippen molar-refractivity contribution in [1.29, 1.82) is 0 Å². The molecule has 1 heterocycles. The Balaban J connectivity index is 1.29. The van der Waals surface area contributed by atoms with E-state index in [4.69, 9.17) is 4.74 Å². The molecule has 2 aliphatic carbocycles. The molecule has 0 aromatic rings. The van der Waals surface area contributed by atoms with Crippen LogP contribution in [0.2, 0.25) is 0 Å². The molecule has 0 amide bonds. The normalized spacial score (nSPS) is 36.8. The van der Waals surface area contributed by atoms with Crippen LogP contribution in [0.25, 0.3) is 0 Å². The third-order valence-corrected chi connectivity index (χ3v) is 4.53. The molecule has 0 aromatic heterocycles. The summed E-state index contributed by atoms with van der Waals surface area (Å²) in [5.41, 5.74) is 0. The summed E-state index contributed by atoms with van der Waals surface area (Å²) in [6, 6.07) is 0. The lowest BCUT2D eigenvalue weighted by atomic mass is 9.94. The van der Waals surface area contributed by atoms with E-state index in [1.807, 2.05) is 0 Å². The van der Waals surface area contributed by atoms with Gasteiger partial charge in [-0.1, -0.05) is 12.2 Å². The predicted octanol–water partition coefficient (Wildman–Crippen LogP) is 1.12. The summed E-state index contributed by atoms with van der Waals surface area (Å²) < 4.78 is 5.35. The number of rotatable bonds is 5. The predicted molar refractivity (Wildman–Crippen MR) is 69.0 cm³/mol. The molecule has 3 aliphatic rings. The molecule has 3 nitrogen and oxygen atoms in total. The summed E-state index contributed by atoms with van der Waals surface area (Å²) in [7, 11) is 0. The highest BCUT2D eigenvalue weighted by Gasteiger charge is 2.34. The van der Waals surface area contributed by atoms with E-state index in [0.717, 1.165) is 50.6 Å². The van der Waals surface area contributed by atoms with Gasteiger partial charge in [-0.25, -0.2) is 0 Å². The second kappa shape index (κ2) is 5.51. The highest BCUT2D eigenvalue weighted by molar-refractivity contribution is 5.10. The van der Waals surface area contributed by atoms with Gasteiger partial charge < -0.3 is 10.1 Å². The van der Waals surface area contributed by atoms with Crippen LogP contribution in [-0.4, -0.2) is 50.8 Å². The van der Waals surface area contributed by atoms with Crippen molar-refractivity contribution in [2.24, 2.45) is 17.8 Å². The molecule has 1 saturated heterocycles. The number of morpholine rings is 1. The Labute approximate surface area is 104 Å². The number of hydrogen-bond acceptors (Lipinski definition) is 3. The maximum absolute atomic E-state index is 5.35. The van der Waals surface area contributed by atoms with Crippen LogP contribution >= 0.6 is 0 Å². The van der Waals surface area contributed by atoms with Gasteiger partial charge in [-0.15, -0.1) is 0 Å². The minimum absolute atomic E-state index is 0.885. The molecule has 2 fully saturated rings. The zero-order valence-corrected chi connectivity index (χ0v) is 10.6. The monoisotopic (exact) mass is 236 g/mol. The van der Waals surface area contributed by atoms with Crippen molar-refractivity contribution in [2.45, 2.75) is 12.8 Å². The van der Waals surface area contributed by atoms with Crippen molar-refractivity contribution < 1.29 is 4.74 Å². The van der Waals surface area contributed by atoms with E-state index in [0.29, 0.717) is 0 Å². The van der Waals surface area contributed by atoms with E-state index in [9.17, 15) is 0 Å². The number of hydrogen-bond donors (Lipinski definition) is 1. The molecule has 1 N–H and O–H groups in total. The average molecular weight is 236 g/mol. The fourth-order valence-corrected chi connectivity index (χ4v) is 3.48. The van der Waals surface area contributed by atoms with Crippen LogP contribution in [0.1, 0.15) is 12.8 Å². The minimum atomic E-state index is 0.885. The third-order valence-electron chi connectivity index (χ3n) is 4.53. The molecule has 1 aliphatic heterocycles. The summed E-state index contributed by atoms with van der Waals surface area (Å²) in [5.74, 6) is 2.71. The van der Waals surface area contributed by atoms with Gasteiger partial charge in [-0.3, -0.25) is 4.90 Å². The fraction of sp³-hybridized carbons (Fsp3) is 0.857. The van der Waals surface area contributed by atoms with E-state index in [1.54, 1.807) is 0 Å². The SMILES string of the molecule is C1=CC2CC1CC2CNCCN1CCOCC1. The minimum Gasteiger partial charge on any atom is -0.379 e. The van der Waals surface area contributed by atoms with Crippen molar-refractivity contribution >= 4 is 0 Å². The molecule has 3 atom stereocenters. The molecule has 3 heteroatoms. The molecule has 3 unspecified atom stereocenters. The van der Waals surface area contributed by atoms with E-state index in [-0.39, 0.29) is 0 Å². The molecule has 0 radical (unpaired) electrons. The largest absolute Gasteiger partial charge is 0.379 e. The highest BCUT2D eigenvalue weighted by Crippen LogP contribution is 2.42. The van der Waals surface area contributed by atoms with Crippen LogP contribution in [0, 0.1) is 17.8 Å². The first-order chi connectivity index (χ1) is 8.42. The van der Waals surface area contributed by atoms with Gasteiger partial charge in [0.1, 0.15) is 0 Å². The molecule has 2 bridgehead atoms. The Hall–Kier alpha value is -0.380. The van der Waals surface area contributed by atoms with Crippen molar-refractivity contribution in [3.63, 3.8) is 0 Å². The summed E-state index contributed by atoms with van der Waals surface area (Å²) in [4.78, 5) is 2.50. The number of fused-ring (bicyclic) bond motifs is 2. The summed E-state index contributed by atoms with van der Waals surface area (Å²) >= 11 is 0. The Bertz CT molecular complexity index is 273. The second-order valence-electron chi connectivity index (χ2n) is 5.70. The number of nitrogens with zero attached hydrogens (tertiary/aromatic N) is 1. The summed E-state index contributed by atoms with van der Waals surface area (Å²) in [6.45, 7) is 7.58. The number of allylic oxidation sites excluding steroid dienone is 2. The van der Waals surface area contributed by atoms with Crippen LogP contribution in [0.5, 0.6) is 0 Å². The molecule has 17 heavy (non-hydrogen) atoms. The molecular formula is C14H24N2O. The number of nitrogens with one attached hydrogen (secondary N) is 1. The Morgan fingerprint density at radius 3 is 2.76 bits per heavy atom. The molecule has 0 spiro atoms. The first-order valence-electron chi connectivity index (χ1n) is 7.11. The van der Waals surface area contributed by atoms with E-state index >= 15 is 0 Å². The third kappa shape index (κ3) is 2.90. The summed E-state index contributed by atoms with van der Waals surface area (Å²) in [5, 5.41) is 3.64. The van der Waals surface area contributed by atoms with Gasteiger partial charge in [0.2, 0.25) is 0 Å². The zero-order chi connectivity index (χ0) is 11.5. The fourth-order valence-electron chi connectivity index (χ4n) is 3.48. The molecule has 1 saturated carbocycles. The zero-order valence-electron chi connectivity index (χ0n) is 10.6. The number of ether oxygens (including phenoxy) is 1. The molecule has 0 aromatic carbocycles. The van der Waals surface area contributed by atoms with Crippen LogP contribution in [0.15, 0.2) is 12.2 Å². The van der Waals surface area contributed by atoms with Gasteiger partial charge >= 0.3 is 0 Å². The first kappa shape index (κ1) is 11.7. The molecular weight excluding hydrogens is 212 g/mol. The maximum Gasteiger partial charge on any atom is 0.0594 e. The lowest BCUT2D eigenvalue weighted by Crippen LogP contribution is -2.41. The van der Waals surface area contributed by atoms with Crippen molar-refractivity contribution in [3.05, 3.63) is 12.2 Å². The average Bonchev–Trinajstić information content (AvgIpc) is 2.98. The second-order valence-corrected chi connectivity index (χ2v) is 5.70. The van der Waals surface area contributed by atoms with Gasteiger partial charge in [0.25, 0.3) is 0 Å². The van der Waals surface area contributed by atoms with Crippen molar-refractivity contribution in [2.75, 3.05) is 45.9 Å². The van der Waals surface area contributed by atoms with Crippen LogP contribution in [-0.2, 0) is 4.74 Å². The smallest absolute Gasteiger partial charge is 0.0594 e. The Morgan fingerprint density at radius 1 is 1.18 bits per heavy atom. The first-order valence-corrected chi connectivity index (χ1v) is 7.11. The van der Waals surface area contributed by atoms with E-state index in [2.05, 4.69) is 22.4 Å². The highest BCUT2D eigenvalue weighted by atomic mass is 16.5. The maximum atomic E-state index is 5.35. The van der Waals surface area contributed by atoms with E-state index in [1.165, 1.54) is 25.9 Å². The van der Waals surface area contributed by atoms with E-state index < -0.39 is 0 Å². The van der Waals surface area contributed by atoms with Crippen LogP contribution in [0.4, 0.5) is 0 Å². The quantitative estimate of drug-likeness (QED) is 0.572. The van der Waals surface area contributed by atoms with Gasteiger partial charge in [-0.05, 0) is 37.1 Å². The van der Waals surface area contributed by atoms with Gasteiger partial charge in [0.05, 0.1) is 13.2 Å². The van der Waals surface area contributed by atoms with Gasteiger partial charge in [0, 0.05) is 26.2 Å². The standard InChI is InChI=1S/C14H24N2O/c1-2-13-9-12(1)10-14(13)11-15-3-4-16-5-7-17-8-6-16/h1-2,12-15H,3-11H2. The Morgan fingerprint density at radius 2 is 2.06 bits per heavy atom. The van der Waals surface area contributed by atoms with Crippen molar-refractivity contribution in [1.82, 2.24) is 10.2 Å². The topological polar surface area (TPSA) is 24.5 Å². The molecule has 3 rings (SSSR count). The van der Waals surface area contributed by atoms with Gasteiger partial charge in [0.15, 0.2) is 0 Å². The lowest BCUT2D eigenvalue weighted by molar-refractivity contribution is 0.0383.